The maximum atomic E-state index is 12.1. The summed E-state index contributed by atoms with van der Waals surface area (Å²) in [5.41, 5.74) is 2.01. The molecule has 1 saturated heterocycles. The van der Waals surface area contributed by atoms with Gasteiger partial charge in [-0.05, 0) is 40.0 Å². The molecule has 1 heterocycles. The van der Waals surface area contributed by atoms with E-state index in [-0.39, 0.29) is 5.91 Å². The fraction of sp³-hybridized carbons (Fsp3) is 0.846. The first-order valence-electron chi connectivity index (χ1n) is 6.45. The number of piperidine rings is 1. The van der Waals surface area contributed by atoms with Crippen LogP contribution in [0.15, 0.2) is 0 Å². The highest BCUT2D eigenvalue weighted by Gasteiger charge is 2.35. The topological polar surface area (TPSA) is 56.1 Å². The van der Waals surface area contributed by atoms with Crippen molar-refractivity contribution in [2.75, 3.05) is 0 Å². The van der Waals surface area contributed by atoms with Crippen molar-refractivity contribution >= 4 is 5.91 Å². The van der Waals surface area contributed by atoms with Gasteiger partial charge in [0, 0.05) is 12.1 Å². The Bertz CT molecular complexity index is 313. The molecule has 1 rings (SSSR count). The fourth-order valence-corrected chi connectivity index (χ4v) is 2.17. The number of hydrazine groups is 1. The number of nitrogens with one attached hydrogen (secondary N) is 1. The molecule has 0 aromatic rings. The second-order valence-corrected chi connectivity index (χ2v) is 5.27. The van der Waals surface area contributed by atoms with Gasteiger partial charge in [0.25, 0.3) is 5.91 Å². The Balaban J connectivity index is 2.70. The quantitative estimate of drug-likeness (QED) is 0.819. The second-order valence-electron chi connectivity index (χ2n) is 5.27. The van der Waals surface area contributed by atoms with E-state index in [0.29, 0.717) is 18.5 Å². The van der Waals surface area contributed by atoms with E-state index in [2.05, 4.69) is 25.3 Å². The van der Waals surface area contributed by atoms with Crippen LogP contribution in [0.25, 0.3) is 0 Å². The molecule has 0 spiro atoms. The molecule has 4 nitrogen and oxygen atoms in total. The molecule has 0 bridgehead atoms. The molecule has 1 N–H and O–H groups in total. The molecule has 0 aromatic heterocycles. The van der Waals surface area contributed by atoms with Crippen LogP contribution in [0, 0.1) is 16.7 Å². The summed E-state index contributed by atoms with van der Waals surface area (Å²) >= 11 is 0. The minimum Gasteiger partial charge on any atom is -0.287 e. The third-order valence-corrected chi connectivity index (χ3v) is 3.88. The van der Waals surface area contributed by atoms with Gasteiger partial charge in [0.1, 0.15) is 5.41 Å². The van der Waals surface area contributed by atoms with Gasteiger partial charge >= 0.3 is 0 Å². The van der Waals surface area contributed by atoms with Gasteiger partial charge in [0.15, 0.2) is 0 Å². The average Bonchev–Trinajstić information content (AvgIpc) is 2.32. The summed E-state index contributed by atoms with van der Waals surface area (Å²) in [7, 11) is 0. The highest BCUT2D eigenvalue weighted by atomic mass is 16.2. The molecule has 1 fully saturated rings. The predicted molar refractivity (Wildman–Crippen MR) is 66.8 cm³/mol. The smallest absolute Gasteiger partial charge is 0.254 e. The van der Waals surface area contributed by atoms with E-state index < -0.39 is 5.41 Å². The van der Waals surface area contributed by atoms with E-state index in [1.54, 1.807) is 6.92 Å². The number of nitriles is 1. The molecule has 1 aliphatic heterocycles. The first-order chi connectivity index (χ1) is 7.94. The van der Waals surface area contributed by atoms with Crippen LogP contribution in [0.1, 0.15) is 53.4 Å². The molecule has 0 aliphatic carbocycles. The molecule has 1 aliphatic rings. The average molecular weight is 237 g/mol. The van der Waals surface area contributed by atoms with E-state index in [1.165, 1.54) is 6.42 Å². The normalized spacial score (nSPS) is 29.1. The monoisotopic (exact) mass is 237 g/mol. The van der Waals surface area contributed by atoms with Gasteiger partial charge in [0.2, 0.25) is 0 Å². The van der Waals surface area contributed by atoms with Crippen molar-refractivity contribution in [1.82, 2.24) is 10.4 Å². The van der Waals surface area contributed by atoms with Crippen LogP contribution >= 0.6 is 0 Å². The molecular weight excluding hydrogens is 214 g/mol. The Hall–Kier alpha value is -1.08. The zero-order valence-electron chi connectivity index (χ0n) is 11.3. The van der Waals surface area contributed by atoms with Gasteiger partial charge < -0.3 is 0 Å². The molecule has 3 atom stereocenters. The van der Waals surface area contributed by atoms with Gasteiger partial charge in [-0.3, -0.25) is 10.2 Å². The van der Waals surface area contributed by atoms with Crippen LogP contribution in [-0.4, -0.2) is 23.0 Å². The van der Waals surface area contributed by atoms with Crippen molar-refractivity contribution in [2.45, 2.75) is 65.5 Å². The zero-order chi connectivity index (χ0) is 13.1. The van der Waals surface area contributed by atoms with E-state index in [1.807, 2.05) is 11.9 Å². The number of rotatable bonds is 3. The minimum absolute atomic E-state index is 0.178. The van der Waals surface area contributed by atoms with Crippen molar-refractivity contribution in [3.05, 3.63) is 0 Å². The van der Waals surface area contributed by atoms with Crippen LogP contribution in [0.4, 0.5) is 0 Å². The lowest BCUT2D eigenvalue weighted by Gasteiger charge is -2.40. The number of nitrogens with zero attached hydrogens (tertiary/aromatic N) is 2. The van der Waals surface area contributed by atoms with E-state index >= 15 is 0 Å². The maximum absolute atomic E-state index is 12.1. The van der Waals surface area contributed by atoms with Gasteiger partial charge in [-0.2, -0.15) is 5.26 Å². The molecule has 0 aromatic carbocycles. The number of amides is 1. The van der Waals surface area contributed by atoms with Crippen molar-refractivity contribution in [3.8, 4) is 6.07 Å². The third kappa shape index (κ3) is 2.98. The van der Waals surface area contributed by atoms with Crippen LogP contribution in [0.2, 0.25) is 0 Å². The fourth-order valence-electron chi connectivity index (χ4n) is 2.17. The largest absolute Gasteiger partial charge is 0.287 e. The third-order valence-electron chi connectivity index (χ3n) is 3.88. The molecule has 96 valence electrons. The molecular formula is C13H23N3O. The standard InChI is InChI=1S/C13H23N3O/c1-5-13(4,9-14)12(17)15-16-10(2)7-6-8-11(16)3/h10-11H,5-8H2,1-4H3,(H,15,17). The molecule has 1 amide bonds. The van der Waals surface area contributed by atoms with E-state index in [0.717, 1.165) is 12.8 Å². The summed E-state index contributed by atoms with van der Waals surface area (Å²) in [4.78, 5) is 12.1. The van der Waals surface area contributed by atoms with Gasteiger partial charge in [0.05, 0.1) is 6.07 Å². The SMILES string of the molecule is CCC(C)(C#N)C(=O)NN1C(C)CCCC1C. The molecule has 17 heavy (non-hydrogen) atoms. The van der Waals surface area contributed by atoms with Crippen LogP contribution < -0.4 is 5.43 Å². The van der Waals surface area contributed by atoms with Crippen LogP contribution in [0.5, 0.6) is 0 Å². The molecule has 3 unspecified atom stereocenters. The van der Waals surface area contributed by atoms with Crippen molar-refractivity contribution in [1.29, 1.82) is 5.26 Å². The Morgan fingerprint density at radius 2 is 2.00 bits per heavy atom. The second kappa shape index (κ2) is 5.50. The summed E-state index contributed by atoms with van der Waals surface area (Å²) in [5, 5.41) is 11.1. The summed E-state index contributed by atoms with van der Waals surface area (Å²) in [6, 6.07) is 2.81. The van der Waals surface area contributed by atoms with Crippen LogP contribution in [0.3, 0.4) is 0 Å². The first-order valence-corrected chi connectivity index (χ1v) is 6.45. The summed E-state index contributed by atoms with van der Waals surface area (Å²) in [6.45, 7) is 7.80. The summed E-state index contributed by atoms with van der Waals surface area (Å²) in [6.07, 6.45) is 3.93. The minimum atomic E-state index is -0.920. The van der Waals surface area contributed by atoms with Crippen molar-refractivity contribution < 1.29 is 4.79 Å². The lowest BCUT2D eigenvalue weighted by molar-refractivity contribution is -0.136. The Morgan fingerprint density at radius 1 is 1.47 bits per heavy atom. The number of carbonyl (C=O) groups excluding carboxylic acids is 1. The van der Waals surface area contributed by atoms with Crippen LogP contribution in [-0.2, 0) is 4.79 Å². The molecule has 0 radical (unpaired) electrons. The lowest BCUT2D eigenvalue weighted by atomic mass is 9.88. The summed E-state index contributed by atoms with van der Waals surface area (Å²) < 4.78 is 0. The highest BCUT2D eigenvalue weighted by Crippen LogP contribution is 2.24. The number of carbonyl (C=O) groups is 1. The number of hydrogen-bond donors (Lipinski definition) is 1. The van der Waals surface area contributed by atoms with E-state index in [9.17, 15) is 4.79 Å². The lowest BCUT2D eigenvalue weighted by Crippen LogP contribution is -2.56. The van der Waals surface area contributed by atoms with Gasteiger partial charge in [-0.15, -0.1) is 0 Å². The van der Waals surface area contributed by atoms with E-state index in [4.69, 9.17) is 5.26 Å². The number of hydrogen-bond acceptors (Lipinski definition) is 3. The highest BCUT2D eigenvalue weighted by molar-refractivity contribution is 5.84. The Morgan fingerprint density at radius 3 is 2.41 bits per heavy atom. The zero-order valence-corrected chi connectivity index (χ0v) is 11.3. The van der Waals surface area contributed by atoms with Crippen molar-refractivity contribution in [3.63, 3.8) is 0 Å². The molecule has 0 saturated carbocycles. The first kappa shape index (κ1) is 14.0. The van der Waals surface area contributed by atoms with Crippen molar-refractivity contribution in [2.24, 2.45) is 5.41 Å². The van der Waals surface area contributed by atoms with Gasteiger partial charge in [-0.25, -0.2) is 5.01 Å². The summed E-state index contributed by atoms with van der Waals surface area (Å²) in [5.74, 6) is -0.178. The molecule has 4 heteroatoms. The Kier molecular flexibility index (Phi) is 4.53. The maximum Gasteiger partial charge on any atom is 0.254 e. The van der Waals surface area contributed by atoms with Gasteiger partial charge in [-0.1, -0.05) is 13.3 Å². The Labute approximate surface area is 104 Å². The predicted octanol–water partition coefficient (Wildman–Crippen LogP) is 2.22.